The van der Waals surface area contributed by atoms with Gasteiger partial charge in [0.25, 0.3) is 0 Å². The van der Waals surface area contributed by atoms with Gasteiger partial charge in [-0.25, -0.2) is 9.18 Å². The third-order valence-electron chi connectivity index (χ3n) is 5.04. The lowest BCUT2D eigenvalue weighted by Crippen LogP contribution is -2.50. The standard InChI is InChI=1S/C18H21FN4O2/c19-15-2-1-13-7-16(11-25-17(13)8-15)22-18(24)23-5-3-12(4-6-23)14-9-20-21-10-14/h1-2,8-10,12,16H,3-7,11H2,(H,20,21)(H,22,24). The van der Waals surface area contributed by atoms with Gasteiger partial charge < -0.3 is 15.0 Å². The second-order valence-electron chi connectivity index (χ2n) is 6.71. The van der Waals surface area contributed by atoms with Gasteiger partial charge >= 0.3 is 6.03 Å². The number of aromatic nitrogens is 2. The largest absolute Gasteiger partial charge is 0.491 e. The lowest BCUT2D eigenvalue weighted by Gasteiger charge is -2.34. The molecule has 4 rings (SSSR count). The fourth-order valence-electron chi connectivity index (χ4n) is 3.60. The Labute approximate surface area is 145 Å². The third kappa shape index (κ3) is 3.45. The average molecular weight is 344 g/mol. The summed E-state index contributed by atoms with van der Waals surface area (Å²) in [6.07, 6.45) is 6.33. The zero-order chi connectivity index (χ0) is 17.2. The lowest BCUT2D eigenvalue weighted by molar-refractivity contribution is 0.167. The molecule has 0 radical (unpaired) electrons. The number of fused-ring (bicyclic) bond motifs is 1. The topological polar surface area (TPSA) is 70.2 Å². The van der Waals surface area contributed by atoms with Crippen molar-refractivity contribution in [3.8, 4) is 5.75 Å². The maximum atomic E-state index is 13.2. The second-order valence-corrected chi connectivity index (χ2v) is 6.71. The molecule has 1 saturated heterocycles. The molecule has 1 fully saturated rings. The second kappa shape index (κ2) is 6.74. The van der Waals surface area contributed by atoms with Gasteiger partial charge in [0, 0.05) is 25.4 Å². The summed E-state index contributed by atoms with van der Waals surface area (Å²) >= 11 is 0. The first-order valence-corrected chi connectivity index (χ1v) is 8.64. The van der Waals surface area contributed by atoms with Crippen molar-refractivity contribution < 1.29 is 13.9 Å². The Balaban J connectivity index is 1.30. The number of nitrogens with one attached hydrogen (secondary N) is 2. The van der Waals surface area contributed by atoms with Crippen LogP contribution in [0.5, 0.6) is 5.75 Å². The highest BCUT2D eigenvalue weighted by molar-refractivity contribution is 5.74. The van der Waals surface area contributed by atoms with Crippen molar-refractivity contribution in [1.82, 2.24) is 20.4 Å². The van der Waals surface area contributed by atoms with Gasteiger partial charge in [-0.1, -0.05) is 6.07 Å². The number of carbonyl (C=O) groups excluding carboxylic acids is 1. The van der Waals surface area contributed by atoms with Gasteiger partial charge in [-0.3, -0.25) is 5.10 Å². The maximum Gasteiger partial charge on any atom is 0.317 e. The molecule has 0 aliphatic carbocycles. The molecule has 0 bridgehead atoms. The molecule has 3 heterocycles. The van der Waals surface area contributed by atoms with Crippen LogP contribution < -0.4 is 10.1 Å². The number of benzene rings is 1. The van der Waals surface area contributed by atoms with Crippen LogP contribution in [0.15, 0.2) is 30.6 Å². The van der Waals surface area contributed by atoms with Gasteiger partial charge in [-0.2, -0.15) is 5.10 Å². The number of carbonyl (C=O) groups is 1. The fraction of sp³-hybridized carbons (Fsp3) is 0.444. The third-order valence-corrected chi connectivity index (χ3v) is 5.04. The predicted octanol–water partition coefficient (Wildman–Crippen LogP) is 2.44. The smallest absolute Gasteiger partial charge is 0.317 e. The summed E-state index contributed by atoms with van der Waals surface area (Å²) in [7, 11) is 0. The summed E-state index contributed by atoms with van der Waals surface area (Å²) in [6.45, 7) is 1.84. The van der Waals surface area contributed by atoms with Crippen molar-refractivity contribution in [3.05, 3.63) is 47.5 Å². The van der Waals surface area contributed by atoms with Gasteiger partial charge in [0.15, 0.2) is 0 Å². The number of amides is 2. The van der Waals surface area contributed by atoms with Crippen molar-refractivity contribution in [2.24, 2.45) is 0 Å². The number of nitrogens with zero attached hydrogens (tertiary/aromatic N) is 2. The molecule has 2 aliphatic heterocycles. The molecule has 1 unspecified atom stereocenters. The van der Waals surface area contributed by atoms with Crippen molar-refractivity contribution in [3.63, 3.8) is 0 Å². The van der Waals surface area contributed by atoms with Crippen LogP contribution in [0.4, 0.5) is 9.18 Å². The summed E-state index contributed by atoms with van der Waals surface area (Å²) in [5.74, 6) is 0.732. The van der Waals surface area contributed by atoms with E-state index in [1.165, 1.54) is 17.7 Å². The minimum atomic E-state index is -0.304. The van der Waals surface area contributed by atoms with E-state index in [0.29, 0.717) is 24.7 Å². The van der Waals surface area contributed by atoms with E-state index in [1.54, 1.807) is 6.07 Å². The number of urea groups is 1. The minimum Gasteiger partial charge on any atom is -0.491 e. The molecule has 2 N–H and O–H groups in total. The minimum absolute atomic E-state index is 0.0511. The van der Waals surface area contributed by atoms with E-state index in [1.807, 2.05) is 17.3 Å². The van der Waals surface area contributed by atoms with Gasteiger partial charge in [-0.15, -0.1) is 0 Å². The SMILES string of the molecule is O=C(NC1COc2cc(F)ccc2C1)N1CCC(c2cn[nH]c2)CC1. The molecule has 25 heavy (non-hydrogen) atoms. The van der Waals surface area contributed by atoms with Gasteiger partial charge in [-0.05, 0) is 42.4 Å². The normalized spacial score (nSPS) is 20.7. The number of H-pyrrole nitrogens is 1. The number of likely N-dealkylation sites (tertiary alicyclic amines) is 1. The number of aromatic amines is 1. The van der Waals surface area contributed by atoms with E-state index in [9.17, 15) is 9.18 Å². The van der Waals surface area contributed by atoms with E-state index < -0.39 is 0 Å². The van der Waals surface area contributed by atoms with Crippen LogP contribution in [0.2, 0.25) is 0 Å². The van der Waals surface area contributed by atoms with Crippen molar-refractivity contribution in [2.75, 3.05) is 19.7 Å². The zero-order valence-corrected chi connectivity index (χ0v) is 13.9. The highest BCUT2D eigenvalue weighted by atomic mass is 19.1. The Bertz CT molecular complexity index is 742. The Morgan fingerprint density at radius 2 is 2.20 bits per heavy atom. The molecule has 2 amide bonds. The Morgan fingerprint density at radius 1 is 1.36 bits per heavy atom. The number of ether oxygens (including phenoxy) is 1. The van der Waals surface area contributed by atoms with E-state index in [0.717, 1.165) is 31.5 Å². The van der Waals surface area contributed by atoms with Gasteiger partial charge in [0.2, 0.25) is 0 Å². The van der Waals surface area contributed by atoms with Crippen molar-refractivity contribution in [2.45, 2.75) is 31.2 Å². The van der Waals surface area contributed by atoms with E-state index in [4.69, 9.17) is 4.74 Å². The van der Waals surface area contributed by atoms with Crippen LogP contribution in [0.25, 0.3) is 0 Å². The Hall–Kier alpha value is -2.57. The van der Waals surface area contributed by atoms with E-state index in [-0.39, 0.29) is 17.9 Å². The first kappa shape index (κ1) is 15.9. The summed E-state index contributed by atoms with van der Waals surface area (Å²) in [5, 5.41) is 9.89. The maximum absolute atomic E-state index is 13.2. The van der Waals surface area contributed by atoms with E-state index in [2.05, 4.69) is 15.5 Å². The number of piperidine rings is 1. The number of hydrogen-bond donors (Lipinski definition) is 2. The van der Waals surface area contributed by atoms with Crippen LogP contribution >= 0.6 is 0 Å². The molecule has 132 valence electrons. The van der Waals surface area contributed by atoms with Crippen molar-refractivity contribution >= 4 is 6.03 Å². The van der Waals surface area contributed by atoms with Crippen LogP contribution in [-0.4, -0.2) is 46.9 Å². The van der Waals surface area contributed by atoms with Crippen LogP contribution in [-0.2, 0) is 6.42 Å². The molecule has 1 aromatic heterocycles. The number of halogens is 1. The Morgan fingerprint density at radius 3 is 2.96 bits per heavy atom. The highest BCUT2D eigenvalue weighted by Crippen LogP contribution is 2.28. The first-order chi connectivity index (χ1) is 12.2. The molecule has 6 nitrogen and oxygen atoms in total. The molecule has 2 aromatic rings. The van der Waals surface area contributed by atoms with Gasteiger partial charge in [0.1, 0.15) is 18.2 Å². The molecular weight excluding hydrogens is 323 g/mol. The van der Waals surface area contributed by atoms with Crippen molar-refractivity contribution in [1.29, 1.82) is 0 Å². The predicted molar refractivity (Wildman–Crippen MR) is 90.1 cm³/mol. The highest BCUT2D eigenvalue weighted by Gasteiger charge is 2.27. The van der Waals surface area contributed by atoms with Crippen LogP contribution in [0.1, 0.15) is 29.9 Å². The summed E-state index contributed by atoms with van der Waals surface area (Å²) in [6, 6.07) is 4.40. The molecule has 0 spiro atoms. The zero-order valence-electron chi connectivity index (χ0n) is 13.9. The number of rotatable bonds is 2. The average Bonchev–Trinajstić information content (AvgIpc) is 3.17. The van der Waals surface area contributed by atoms with Crippen LogP contribution in [0.3, 0.4) is 0 Å². The molecule has 1 atom stereocenters. The summed E-state index contributed by atoms with van der Waals surface area (Å²) in [4.78, 5) is 14.4. The van der Waals surface area contributed by atoms with Gasteiger partial charge in [0.05, 0.1) is 12.2 Å². The van der Waals surface area contributed by atoms with E-state index >= 15 is 0 Å². The fourth-order valence-corrected chi connectivity index (χ4v) is 3.60. The monoisotopic (exact) mass is 344 g/mol. The molecule has 1 aromatic carbocycles. The Kier molecular flexibility index (Phi) is 4.29. The molecule has 2 aliphatic rings. The summed E-state index contributed by atoms with van der Waals surface area (Å²) in [5.41, 5.74) is 2.14. The molecular formula is C18H21FN4O2. The van der Waals surface area contributed by atoms with Crippen LogP contribution in [0, 0.1) is 5.82 Å². The summed E-state index contributed by atoms with van der Waals surface area (Å²) < 4.78 is 18.8. The quantitative estimate of drug-likeness (QED) is 0.879. The lowest BCUT2D eigenvalue weighted by atomic mass is 9.92. The first-order valence-electron chi connectivity index (χ1n) is 8.64. The number of hydrogen-bond acceptors (Lipinski definition) is 3. The molecule has 0 saturated carbocycles. The molecule has 7 heteroatoms.